The molecule has 0 aliphatic heterocycles. The van der Waals surface area contributed by atoms with Crippen LogP contribution in [0.3, 0.4) is 0 Å². The van der Waals surface area contributed by atoms with Gasteiger partial charge in [-0.2, -0.15) is 0 Å². The Bertz CT molecular complexity index is 346. The van der Waals surface area contributed by atoms with Crippen LogP contribution in [-0.4, -0.2) is 22.4 Å². The van der Waals surface area contributed by atoms with Crippen LogP contribution in [0.25, 0.3) is 0 Å². The van der Waals surface area contributed by atoms with Crippen LogP contribution in [0.1, 0.15) is 32.3 Å². The van der Waals surface area contributed by atoms with Gasteiger partial charge in [-0.25, -0.2) is 0 Å². The molecule has 17 heavy (non-hydrogen) atoms. The molecule has 3 nitrogen and oxygen atoms in total. The first-order valence-corrected chi connectivity index (χ1v) is 6.23. The van der Waals surface area contributed by atoms with E-state index in [1.165, 1.54) is 0 Å². The number of phenols is 1. The molecule has 1 unspecified atom stereocenters. The fraction of sp³-hybridized carbons (Fsp3) is 0.538. The van der Waals surface area contributed by atoms with Gasteiger partial charge < -0.3 is 15.5 Å². The van der Waals surface area contributed by atoms with Crippen molar-refractivity contribution in [2.24, 2.45) is 0 Å². The summed E-state index contributed by atoms with van der Waals surface area (Å²) >= 11 is 5.98. The molecule has 0 radical (unpaired) electrons. The van der Waals surface area contributed by atoms with E-state index in [-0.39, 0.29) is 5.75 Å². The Morgan fingerprint density at radius 3 is 2.71 bits per heavy atom. The second-order valence-corrected chi connectivity index (χ2v) is 5.00. The first kappa shape index (κ1) is 14.3. The lowest BCUT2D eigenvalue weighted by atomic mass is 10.0. The minimum atomic E-state index is -0.717. The van der Waals surface area contributed by atoms with Gasteiger partial charge in [0.1, 0.15) is 5.75 Å². The third kappa shape index (κ3) is 4.54. The van der Waals surface area contributed by atoms with E-state index >= 15 is 0 Å². The van der Waals surface area contributed by atoms with Gasteiger partial charge in [-0.05, 0) is 25.5 Å². The maximum Gasteiger partial charge on any atom is 0.121 e. The van der Waals surface area contributed by atoms with E-state index in [4.69, 9.17) is 11.6 Å². The van der Waals surface area contributed by atoms with Crippen molar-refractivity contribution < 1.29 is 10.2 Å². The molecule has 96 valence electrons. The molecule has 0 fully saturated rings. The van der Waals surface area contributed by atoms with Gasteiger partial charge in [0.2, 0.25) is 0 Å². The summed E-state index contributed by atoms with van der Waals surface area (Å²) in [5, 5.41) is 23.3. The normalized spacial score (nSPS) is 14.6. The second-order valence-electron chi connectivity index (χ2n) is 4.59. The first-order chi connectivity index (χ1) is 7.96. The van der Waals surface area contributed by atoms with Gasteiger partial charge in [0.05, 0.1) is 5.60 Å². The van der Waals surface area contributed by atoms with Gasteiger partial charge in [-0.15, -0.1) is 0 Å². The van der Waals surface area contributed by atoms with Crippen LogP contribution in [0.2, 0.25) is 5.02 Å². The summed E-state index contributed by atoms with van der Waals surface area (Å²) in [6.45, 7) is 4.77. The SMILES string of the molecule is CCCC(C)(O)CNCc1c(O)cccc1Cl. The van der Waals surface area contributed by atoms with Gasteiger partial charge in [-0.1, -0.05) is 31.0 Å². The van der Waals surface area contributed by atoms with E-state index in [0.717, 1.165) is 12.8 Å². The average Bonchev–Trinajstić information content (AvgIpc) is 2.22. The van der Waals surface area contributed by atoms with Gasteiger partial charge >= 0.3 is 0 Å². The summed E-state index contributed by atoms with van der Waals surface area (Å²) in [5.74, 6) is 0.181. The Balaban J connectivity index is 2.51. The molecule has 0 bridgehead atoms. The van der Waals surface area contributed by atoms with E-state index in [0.29, 0.717) is 23.7 Å². The maximum absolute atomic E-state index is 9.97. The lowest BCUT2D eigenvalue weighted by molar-refractivity contribution is 0.0497. The van der Waals surface area contributed by atoms with E-state index < -0.39 is 5.60 Å². The lowest BCUT2D eigenvalue weighted by Gasteiger charge is -2.23. The molecular weight excluding hydrogens is 238 g/mol. The standard InChI is InChI=1S/C13H20ClNO2/c1-3-7-13(2,17)9-15-8-10-11(14)5-4-6-12(10)16/h4-6,15-17H,3,7-9H2,1-2H3. The molecule has 0 amide bonds. The van der Waals surface area contributed by atoms with Crippen LogP contribution in [0.15, 0.2) is 18.2 Å². The smallest absolute Gasteiger partial charge is 0.121 e. The minimum absolute atomic E-state index is 0.181. The lowest BCUT2D eigenvalue weighted by Crippen LogP contribution is -2.37. The molecule has 1 aromatic rings. The molecule has 0 heterocycles. The molecule has 4 heteroatoms. The Kier molecular flexibility index (Phi) is 5.25. The van der Waals surface area contributed by atoms with Crippen molar-refractivity contribution in [3.05, 3.63) is 28.8 Å². The summed E-state index contributed by atoms with van der Waals surface area (Å²) in [6, 6.07) is 5.05. The van der Waals surface area contributed by atoms with Gasteiger partial charge in [0.25, 0.3) is 0 Å². The van der Waals surface area contributed by atoms with Crippen LogP contribution < -0.4 is 5.32 Å². The second kappa shape index (κ2) is 6.24. The minimum Gasteiger partial charge on any atom is -0.508 e. The molecule has 0 saturated heterocycles. The molecule has 1 atom stereocenters. The monoisotopic (exact) mass is 257 g/mol. The van der Waals surface area contributed by atoms with Crippen molar-refractivity contribution in [1.29, 1.82) is 0 Å². The summed E-state index contributed by atoms with van der Waals surface area (Å²) in [5.41, 5.74) is -0.0486. The van der Waals surface area contributed by atoms with Crippen molar-refractivity contribution in [1.82, 2.24) is 5.32 Å². The van der Waals surface area contributed by atoms with Crippen LogP contribution in [0.4, 0.5) is 0 Å². The van der Waals surface area contributed by atoms with Crippen LogP contribution in [0.5, 0.6) is 5.75 Å². The summed E-state index contributed by atoms with van der Waals surface area (Å²) < 4.78 is 0. The van der Waals surface area contributed by atoms with Gasteiger partial charge in [-0.3, -0.25) is 0 Å². The van der Waals surface area contributed by atoms with Crippen LogP contribution >= 0.6 is 11.6 Å². The quantitative estimate of drug-likeness (QED) is 0.735. The number of phenolic OH excluding ortho intramolecular Hbond substituents is 1. The highest BCUT2D eigenvalue weighted by Crippen LogP contribution is 2.24. The molecule has 3 N–H and O–H groups in total. The summed E-state index contributed by atoms with van der Waals surface area (Å²) in [7, 11) is 0. The maximum atomic E-state index is 9.97. The Labute approximate surface area is 107 Å². The number of rotatable bonds is 6. The molecule has 0 saturated carbocycles. The zero-order valence-corrected chi connectivity index (χ0v) is 11.1. The van der Waals surface area contributed by atoms with Crippen molar-refractivity contribution in [3.8, 4) is 5.75 Å². The third-order valence-electron chi connectivity index (χ3n) is 2.69. The van der Waals surface area contributed by atoms with E-state index in [9.17, 15) is 10.2 Å². The molecule has 1 aromatic carbocycles. The number of aromatic hydroxyl groups is 1. The number of halogens is 1. The molecule has 1 rings (SSSR count). The van der Waals surface area contributed by atoms with Crippen LogP contribution in [-0.2, 0) is 6.54 Å². The molecule has 0 aliphatic rings. The zero-order chi connectivity index (χ0) is 12.9. The topological polar surface area (TPSA) is 52.5 Å². The number of aliphatic hydroxyl groups is 1. The van der Waals surface area contributed by atoms with Crippen molar-refractivity contribution in [3.63, 3.8) is 0 Å². The largest absolute Gasteiger partial charge is 0.508 e. The predicted molar refractivity (Wildman–Crippen MR) is 70.4 cm³/mol. The summed E-state index contributed by atoms with van der Waals surface area (Å²) in [6.07, 6.45) is 1.68. The average molecular weight is 258 g/mol. The van der Waals surface area contributed by atoms with E-state index in [1.54, 1.807) is 25.1 Å². The highest BCUT2D eigenvalue weighted by molar-refractivity contribution is 6.31. The van der Waals surface area contributed by atoms with E-state index in [2.05, 4.69) is 5.32 Å². The highest BCUT2D eigenvalue weighted by atomic mass is 35.5. The third-order valence-corrected chi connectivity index (χ3v) is 3.04. The van der Waals surface area contributed by atoms with Gasteiger partial charge in [0, 0.05) is 23.7 Å². The molecule has 0 aromatic heterocycles. The van der Waals surface area contributed by atoms with E-state index in [1.807, 2.05) is 6.92 Å². The van der Waals surface area contributed by atoms with Crippen molar-refractivity contribution in [2.45, 2.75) is 38.8 Å². The fourth-order valence-corrected chi connectivity index (χ4v) is 2.04. The Hall–Kier alpha value is -0.770. The highest BCUT2D eigenvalue weighted by Gasteiger charge is 2.18. The summed E-state index contributed by atoms with van der Waals surface area (Å²) in [4.78, 5) is 0. The predicted octanol–water partition coefficient (Wildman–Crippen LogP) is 2.69. The number of hydrogen-bond acceptors (Lipinski definition) is 3. The van der Waals surface area contributed by atoms with Gasteiger partial charge in [0.15, 0.2) is 0 Å². The Morgan fingerprint density at radius 1 is 1.41 bits per heavy atom. The van der Waals surface area contributed by atoms with Crippen molar-refractivity contribution in [2.75, 3.05) is 6.54 Å². The molecule has 0 spiro atoms. The Morgan fingerprint density at radius 2 is 2.12 bits per heavy atom. The van der Waals surface area contributed by atoms with Crippen molar-refractivity contribution >= 4 is 11.6 Å². The number of nitrogens with one attached hydrogen (secondary N) is 1. The molecular formula is C13H20ClNO2. The first-order valence-electron chi connectivity index (χ1n) is 5.86. The number of hydrogen-bond donors (Lipinski definition) is 3. The number of benzene rings is 1. The zero-order valence-electron chi connectivity index (χ0n) is 10.3. The fourth-order valence-electron chi connectivity index (χ4n) is 1.81. The van der Waals surface area contributed by atoms with Crippen LogP contribution in [0, 0.1) is 0 Å². The molecule has 0 aliphatic carbocycles.